The molecule has 1 saturated heterocycles. The number of rotatable bonds is 6. The van der Waals surface area contributed by atoms with Gasteiger partial charge in [0.1, 0.15) is 22.9 Å². The summed E-state index contributed by atoms with van der Waals surface area (Å²) in [5.41, 5.74) is -0.743. The Morgan fingerprint density at radius 2 is 1.72 bits per heavy atom. The normalized spacial score (nSPS) is 17.8. The van der Waals surface area contributed by atoms with Crippen LogP contribution in [-0.4, -0.2) is 35.6 Å². The average Bonchev–Trinajstić information content (AvgIpc) is 3.61. The summed E-state index contributed by atoms with van der Waals surface area (Å²) < 4.78 is 38.9. The van der Waals surface area contributed by atoms with Gasteiger partial charge in [-0.15, -0.1) is 0 Å². The first-order valence-corrected chi connectivity index (χ1v) is 10.7. The van der Waals surface area contributed by atoms with Crippen molar-refractivity contribution in [1.29, 1.82) is 0 Å². The van der Waals surface area contributed by atoms with Crippen molar-refractivity contribution in [2.45, 2.75) is 37.9 Å². The van der Waals surface area contributed by atoms with Gasteiger partial charge in [0, 0.05) is 37.3 Å². The van der Waals surface area contributed by atoms with Crippen molar-refractivity contribution in [3.8, 4) is 0 Å². The molecule has 3 heterocycles. The quantitative estimate of drug-likeness (QED) is 0.564. The van der Waals surface area contributed by atoms with E-state index in [2.05, 4.69) is 25.5 Å². The maximum atomic E-state index is 13.0. The number of anilines is 3. The van der Waals surface area contributed by atoms with E-state index in [1.807, 2.05) is 0 Å². The lowest BCUT2D eigenvalue weighted by Gasteiger charge is -2.33. The van der Waals surface area contributed by atoms with Crippen LogP contribution >= 0.6 is 0 Å². The van der Waals surface area contributed by atoms with Crippen molar-refractivity contribution in [3.63, 3.8) is 0 Å². The largest absolute Gasteiger partial charge is 0.433 e. The number of halogens is 3. The molecular weight excluding hydrogens is 423 g/mol. The monoisotopic (exact) mass is 445 g/mol. The fourth-order valence-corrected chi connectivity index (χ4v) is 4.17. The predicted molar refractivity (Wildman–Crippen MR) is 116 cm³/mol. The van der Waals surface area contributed by atoms with Crippen LogP contribution in [0.4, 0.5) is 30.4 Å². The van der Waals surface area contributed by atoms with E-state index < -0.39 is 22.7 Å². The van der Waals surface area contributed by atoms with Gasteiger partial charge in [0.2, 0.25) is 0 Å². The fraction of sp³-hybridized carbons (Fsp3) is 0.455. The number of aromatic nitrogens is 2. The molecule has 0 radical (unpaired) electrons. The zero-order valence-electron chi connectivity index (χ0n) is 17.2. The van der Waals surface area contributed by atoms with Gasteiger partial charge in [0.05, 0.1) is 5.52 Å². The number of piperidine rings is 1. The smallest absolute Gasteiger partial charge is 0.380 e. The molecule has 3 aromatic rings. The minimum absolute atomic E-state index is 0.268. The van der Waals surface area contributed by atoms with Crippen LogP contribution in [0.2, 0.25) is 0 Å². The third-order valence-corrected chi connectivity index (χ3v) is 6.20. The number of pyridine rings is 2. The van der Waals surface area contributed by atoms with Crippen molar-refractivity contribution in [2.24, 2.45) is 5.92 Å². The van der Waals surface area contributed by atoms with E-state index in [-0.39, 0.29) is 5.52 Å². The second kappa shape index (κ2) is 7.75. The van der Waals surface area contributed by atoms with Gasteiger partial charge in [-0.3, -0.25) is 9.59 Å². The van der Waals surface area contributed by atoms with E-state index in [1.165, 1.54) is 18.3 Å². The summed E-state index contributed by atoms with van der Waals surface area (Å²) in [7, 11) is 0. The topological polar surface area (TPSA) is 87.2 Å². The molecule has 7 nitrogen and oxygen atoms in total. The molecule has 2 aromatic heterocycles. The summed E-state index contributed by atoms with van der Waals surface area (Å²) in [6, 6.07) is 4.21. The molecule has 2 aliphatic rings. The highest BCUT2D eigenvalue weighted by Crippen LogP contribution is 2.32. The average molecular weight is 445 g/mol. The molecule has 1 saturated carbocycles. The summed E-state index contributed by atoms with van der Waals surface area (Å²) >= 11 is 0. The van der Waals surface area contributed by atoms with E-state index in [4.69, 9.17) is 0 Å². The Kier molecular flexibility index (Phi) is 5.02. The highest BCUT2D eigenvalue weighted by molar-refractivity contribution is 5.89. The van der Waals surface area contributed by atoms with Crippen LogP contribution in [0.3, 0.4) is 0 Å². The standard InChI is InChI=1S/C22H22F3N5O2/c23-22(24,25)16-4-3-14-15(29-16)5-8-26-21(14)30-9-6-12(7-10-30)11-27-17-18(20(32)19(17)31)28-13-1-2-13/h3-5,8,12-13,27-28H,1-2,6-7,9-11H2. The van der Waals surface area contributed by atoms with Gasteiger partial charge in [-0.2, -0.15) is 13.2 Å². The van der Waals surface area contributed by atoms with Crippen LogP contribution in [-0.2, 0) is 6.18 Å². The van der Waals surface area contributed by atoms with E-state index in [0.717, 1.165) is 31.7 Å². The summed E-state index contributed by atoms with van der Waals surface area (Å²) in [6.07, 6.45) is 0.704. The molecule has 2 N–H and O–H groups in total. The van der Waals surface area contributed by atoms with Gasteiger partial charge < -0.3 is 15.5 Å². The number of nitrogens with one attached hydrogen (secondary N) is 2. The Labute approximate surface area is 181 Å². The van der Waals surface area contributed by atoms with E-state index >= 15 is 0 Å². The van der Waals surface area contributed by atoms with E-state index in [1.54, 1.807) is 0 Å². The molecular formula is C22H22F3N5O2. The van der Waals surface area contributed by atoms with E-state index in [0.29, 0.717) is 54.2 Å². The highest BCUT2D eigenvalue weighted by atomic mass is 19.4. The van der Waals surface area contributed by atoms with Crippen LogP contribution in [0.15, 0.2) is 34.0 Å². The second-order valence-corrected chi connectivity index (χ2v) is 8.53. The Hall–Kier alpha value is -3.17. The van der Waals surface area contributed by atoms with Gasteiger partial charge >= 0.3 is 6.18 Å². The fourth-order valence-electron chi connectivity index (χ4n) is 4.17. The van der Waals surface area contributed by atoms with Gasteiger partial charge in [0.25, 0.3) is 10.9 Å². The summed E-state index contributed by atoms with van der Waals surface area (Å²) in [5, 5.41) is 6.87. The first kappa shape index (κ1) is 20.7. The maximum absolute atomic E-state index is 13.0. The number of fused-ring (bicyclic) bond motifs is 1. The summed E-state index contributed by atoms with van der Waals surface area (Å²) in [5.74, 6) is 0.947. The molecule has 2 fully saturated rings. The lowest BCUT2D eigenvalue weighted by molar-refractivity contribution is -0.140. The van der Waals surface area contributed by atoms with Gasteiger partial charge in [-0.1, -0.05) is 0 Å². The molecule has 0 spiro atoms. The third kappa shape index (κ3) is 3.89. The van der Waals surface area contributed by atoms with Crippen LogP contribution in [0.5, 0.6) is 0 Å². The zero-order chi connectivity index (χ0) is 22.5. The lowest BCUT2D eigenvalue weighted by atomic mass is 9.96. The molecule has 1 aliphatic heterocycles. The Morgan fingerprint density at radius 1 is 1.00 bits per heavy atom. The molecule has 0 amide bonds. The third-order valence-electron chi connectivity index (χ3n) is 6.20. The van der Waals surface area contributed by atoms with Crippen molar-refractivity contribution < 1.29 is 13.2 Å². The lowest BCUT2D eigenvalue weighted by Crippen LogP contribution is -2.40. The van der Waals surface area contributed by atoms with Crippen molar-refractivity contribution in [3.05, 3.63) is 50.5 Å². The zero-order valence-corrected chi connectivity index (χ0v) is 17.2. The number of hydrogen-bond acceptors (Lipinski definition) is 7. The predicted octanol–water partition coefficient (Wildman–Crippen LogP) is 3.15. The number of nitrogens with zero attached hydrogens (tertiary/aromatic N) is 3. The minimum atomic E-state index is -4.49. The Morgan fingerprint density at radius 3 is 2.41 bits per heavy atom. The first-order chi connectivity index (χ1) is 15.3. The molecule has 1 aliphatic carbocycles. The summed E-state index contributed by atoms with van der Waals surface area (Å²) in [4.78, 5) is 33.9. The maximum Gasteiger partial charge on any atom is 0.433 e. The minimum Gasteiger partial charge on any atom is -0.380 e. The van der Waals surface area contributed by atoms with E-state index in [9.17, 15) is 22.8 Å². The SMILES string of the molecule is O=c1c(NCC2CCN(c3nccc4nc(C(F)(F)F)ccc34)CC2)c(NC2CC2)c1=O. The van der Waals surface area contributed by atoms with Crippen LogP contribution in [0.1, 0.15) is 31.4 Å². The Bertz CT molecular complexity index is 1220. The molecule has 5 rings (SSSR count). The number of alkyl halides is 3. The van der Waals surface area contributed by atoms with Crippen LogP contribution in [0, 0.1) is 5.92 Å². The van der Waals surface area contributed by atoms with Gasteiger partial charge in [-0.05, 0) is 49.8 Å². The van der Waals surface area contributed by atoms with Gasteiger partial charge in [-0.25, -0.2) is 9.97 Å². The molecule has 10 heteroatoms. The van der Waals surface area contributed by atoms with Crippen molar-refractivity contribution >= 4 is 28.1 Å². The Balaban J connectivity index is 1.23. The highest BCUT2D eigenvalue weighted by Gasteiger charge is 2.33. The van der Waals surface area contributed by atoms with Gasteiger partial charge in [0.15, 0.2) is 0 Å². The van der Waals surface area contributed by atoms with Crippen molar-refractivity contribution in [1.82, 2.24) is 9.97 Å². The molecule has 1 aromatic carbocycles. The molecule has 0 atom stereocenters. The molecule has 0 unspecified atom stereocenters. The van der Waals surface area contributed by atoms with Crippen LogP contribution in [0.25, 0.3) is 10.9 Å². The molecule has 168 valence electrons. The molecule has 32 heavy (non-hydrogen) atoms. The first-order valence-electron chi connectivity index (χ1n) is 10.7. The molecule has 0 bridgehead atoms. The summed E-state index contributed by atoms with van der Waals surface area (Å²) in [6.45, 7) is 1.98. The second-order valence-electron chi connectivity index (χ2n) is 8.53. The van der Waals surface area contributed by atoms with Crippen LogP contribution < -0.4 is 26.4 Å². The van der Waals surface area contributed by atoms with Crippen molar-refractivity contribution in [2.75, 3.05) is 35.2 Å². The number of hydrogen-bond donors (Lipinski definition) is 2.